The van der Waals surface area contributed by atoms with Gasteiger partial charge in [0.2, 0.25) is 10.0 Å². The molecular weight excluding hydrogens is 282 g/mol. The smallest absolute Gasteiger partial charge is 0.242 e. The number of ether oxygens (including phenoxy) is 1. The summed E-state index contributed by atoms with van der Waals surface area (Å²) >= 11 is 0. The number of Topliss-reactive ketones (excluding diaryl/α,β-unsaturated/α-hetero) is 2. The molecule has 0 saturated heterocycles. The number of methoxy groups -OCH3 is 1. The Labute approximate surface area is 118 Å². The molecule has 0 bridgehead atoms. The molecule has 0 aliphatic heterocycles. The molecule has 0 fully saturated rings. The van der Waals surface area contributed by atoms with Gasteiger partial charge in [-0.2, -0.15) is 0 Å². The number of nitrogens with zero attached hydrogens (tertiary/aromatic N) is 1. The highest BCUT2D eigenvalue weighted by atomic mass is 32.2. The van der Waals surface area contributed by atoms with Crippen molar-refractivity contribution in [1.82, 2.24) is 4.31 Å². The predicted molar refractivity (Wildman–Crippen MR) is 73.1 cm³/mol. The number of ketones is 2. The SMILES string of the molecule is COCC(=O)CC(=O)c1ccc(S(=O)(=O)N(C)C)cc1. The normalized spacial score (nSPS) is 11.6. The lowest BCUT2D eigenvalue weighted by Gasteiger charge is -2.11. The van der Waals surface area contributed by atoms with Gasteiger partial charge in [-0.25, -0.2) is 12.7 Å². The van der Waals surface area contributed by atoms with Gasteiger partial charge in [0, 0.05) is 26.8 Å². The van der Waals surface area contributed by atoms with Gasteiger partial charge in [0.1, 0.15) is 6.61 Å². The third-order valence-electron chi connectivity index (χ3n) is 2.62. The van der Waals surface area contributed by atoms with Gasteiger partial charge >= 0.3 is 0 Å². The summed E-state index contributed by atoms with van der Waals surface area (Å²) in [5.74, 6) is -0.677. The van der Waals surface area contributed by atoms with E-state index in [9.17, 15) is 18.0 Å². The van der Waals surface area contributed by atoms with Crippen molar-refractivity contribution < 1.29 is 22.7 Å². The maximum absolute atomic E-state index is 11.8. The molecule has 0 aliphatic carbocycles. The van der Waals surface area contributed by atoms with Gasteiger partial charge in [0.25, 0.3) is 0 Å². The average molecular weight is 299 g/mol. The first-order chi connectivity index (χ1) is 9.28. The Kier molecular flexibility index (Phi) is 5.55. The Bertz CT molecular complexity index is 590. The van der Waals surface area contributed by atoms with Crippen molar-refractivity contribution >= 4 is 21.6 Å². The molecule has 0 heterocycles. The maximum atomic E-state index is 11.8. The highest BCUT2D eigenvalue weighted by molar-refractivity contribution is 7.89. The van der Waals surface area contributed by atoms with Gasteiger partial charge in [-0.15, -0.1) is 0 Å². The number of hydrogen-bond acceptors (Lipinski definition) is 5. The van der Waals surface area contributed by atoms with Crippen LogP contribution in [-0.4, -0.2) is 52.1 Å². The van der Waals surface area contributed by atoms with E-state index in [2.05, 4.69) is 4.74 Å². The molecule has 110 valence electrons. The van der Waals surface area contributed by atoms with Crippen LogP contribution in [0, 0.1) is 0 Å². The summed E-state index contributed by atoms with van der Waals surface area (Å²) in [7, 11) is 0.719. The maximum Gasteiger partial charge on any atom is 0.242 e. The zero-order chi connectivity index (χ0) is 15.3. The summed E-state index contributed by atoms with van der Waals surface area (Å²) in [5, 5.41) is 0. The van der Waals surface area contributed by atoms with Crippen LogP contribution >= 0.6 is 0 Å². The second kappa shape index (κ2) is 6.74. The fraction of sp³-hybridized carbons (Fsp3) is 0.385. The van der Waals surface area contributed by atoms with Crippen LogP contribution in [0.4, 0.5) is 0 Å². The Morgan fingerprint density at radius 3 is 2.15 bits per heavy atom. The molecule has 7 heteroatoms. The third kappa shape index (κ3) is 3.96. The van der Waals surface area contributed by atoms with Crippen LogP contribution < -0.4 is 0 Å². The Balaban J connectivity index is 2.87. The molecule has 20 heavy (non-hydrogen) atoms. The monoisotopic (exact) mass is 299 g/mol. The second-order valence-corrected chi connectivity index (χ2v) is 6.54. The van der Waals surface area contributed by atoms with Gasteiger partial charge in [-0.05, 0) is 12.1 Å². The fourth-order valence-corrected chi connectivity index (χ4v) is 2.42. The van der Waals surface area contributed by atoms with E-state index in [0.29, 0.717) is 5.56 Å². The van der Waals surface area contributed by atoms with E-state index in [1.165, 1.54) is 45.5 Å². The molecule has 1 rings (SSSR count). The van der Waals surface area contributed by atoms with Crippen LogP contribution in [0.5, 0.6) is 0 Å². The molecule has 6 nitrogen and oxygen atoms in total. The lowest BCUT2D eigenvalue weighted by molar-refractivity contribution is -0.121. The van der Waals surface area contributed by atoms with Crippen LogP contribution in [0.3, 0.4) is 0 Å². The third-order valence-corrected chi connectivity index (χ3v) is 4.45. The van der Waals surface area contributed by atoms with Crippen molar-refractivity contribution in [2.45, 2.75) is 11.3 Å². The highest BCUT2D eigenvalue weighted by Crippen LogP contribution is 2.15. The molecule has 0 N–H and O–H groups in total. The van der Waals surface area contributed by atoms with Crippen LogP contribution in [0.2, 0.25) is 0 Å². The Morgan fingerprint density at radius 2 is 1.70 bits per heavy atom. The molecule has 0 saturated carbocycles. The quantitative estimate of drug-likeness (QED) is 0.547. The topological polar surface area (TPSA) is 80.8 Å². The first-order valence-electron chi connectivity index (χ1n) is 5.85. The number of hydrogen-bond donors (Lipinski definition) is 0. The minimum atomic E-state index is -3.52. The van der Waals surface area contributed by atoms with E-state index in [4.69, 9.17) is 0 Å². The van der Waals surface area contributed by atoms with Gasteiger partial charge in [0.15, 0.2) is 11.6 Å². The molecule has 0 amide bonds. The lowest BCUT2D eigenvalue weighted by Crippen LogP contribution is -2.22. The summed E-state index contributed by atoms with van der Waals surface area (Å²) in [6.45, 7) is -0.112. The first-order valence-corrected chi connectivity index (χ1v) is 7.29. The fourth-order valence-electron chi connectivity index (χ4n) is 1.52. The molecule has 0 unspecified atom stereocenters. The molecule has 0 aromatic heterocycles. The van der Waals surface area contributed by atoms with Crippen molar-refractivity contribution in [3.8, 4) is 0 Å². The summed E-state index contributed by atoms with van der Waals surface area (Å²) in [4.78, 5) is 23.2. The number of carbonyl (C=O) groups excluding carboxylic acids is 2. The Morgan fingerprint density at radius 1 is 1.15 bits per heavy atom. The Hall–Kier alpha value is -1.57. The number of carbonyl (C=O) groups is 2. The van der Waals surface area contributed by atoms with Crippen LogP contribution in [-0.2, 0) is 19.6 Å². The summed E-state index contributed by atoms with van der Waals surface area (Å²) in [5.41, 5.74) is 0.298. The zero-order valence-corrected chi connectivity index (χ0v) is 12.4. The van der Waals surface area contributed by atoms with E-state index in [1.807, 2.05) is 0 Å². The van der Waals surface area contributed by atoms with Gasteiger partial charge in [-0.3, -0.25) is 9.59 Å². The minimum Gasteiger partial charge on any atom is -0.377 e. The number of benzene rings is 1. The van der Waals surface area contributed by atoms with Crippen molar-refractivity contribution in [1.29, 1.82) is 0 Å². The molecule has 1 aromatic carbocycles. The van der Waals surface area contributed by atoms with Gasteiger partial charge < -0.3 is 4.74 Å². The molecule has 0 spiro atoms. The van der Waals surface area contributed by atoms with Gasteiger partial charge in [-0.1, -0.05) is 12.1 Å². The van der Waals surface area contributed by atoms with Crippen molar-refractivity contribution in [2.24, 2.45) is 0 Å². The predicted octanol–water partition coefficient (Wildman–Crippen LogP) is 0.725. The van der Waals surface area contributed by atoms with Crippen LogP contribution in [0.15, 0.2) is 29.2 Å². The molecule has 0 atom stereocenters. The first kappa shape index (κ1) is 16.5. The van der Waals surface area contributed by atoms with E-state index >= 15 is 0 Å². The van der Waals surface area contributed by atoms with E-state index < -0.39 is 10.0 Å². The van der Waals surface area contributed by atoms with Gasteiger partial charge in [0.05, 0.1) is 11.3 Å². The summed E-state index contributed by atoms with van der Waals surface area (Å²) < 4.78 is 29.4. The largest absolute Gasteiger partial charge is 0.377 e. The molecule has 0 radical (unpaired) electrons. The van der Waals surface area contributed by atoms with Crippen LogP contribution in [0.25, 0.3) is 0 Å². The summed E-state index contributed by atoms with van der Waals surface area (Å²) in [6.07, 6.45) is -0.256. The van der Waals surface area contributed by atoms with Crippen molar-refractivity contribution in [2.75, 3.05) is 27.8 Å². The number of rotatable bonds is 7. The number of sulfonamides is 1. The molecule has 1 aromatic rings. The zero-order valence-electron chi connectivity index (χ0n) is 11.6. The minimum absolute atomic E-state index is 0.0993. The van der Waals surface area contributed by atoms with E-state index in [0.717, 1.165) is 4.31 Å². The van der Waals surface area contributed by atoms with E-state index in [-0.39, 0.29) is 29.5 Å². The van der Waals surface area contributed by atoms with E-state index in [1.54, 1.807) is 0 Å². The standard InChI is InChI=1S/C13H17NO5S/c1-14(2)20(17,18)12-6-4-10(5-7-12)13(16)8-11(15)9-19-3/h4-7H,8-9H2,1-3H3. The molecular formula is C13H17NO5S. The lowest BCUT2D eigenvalue weighted by atomic mass is 10.1. The van der Waals surface area contributed by atoms with Crippen LogP contribution in [0.1, 0.15) is 16.8 Å². The molecule has 0 aliphatic rings. The summed E-state index contributed by atoms with van der Waals surface area (Å²) in [6, 6.07) is 5.50. The van der Waals surface area contributed by atoms with Crippen molar-refractivity contribution in [3.05, 3.63) is 29.8 Å². The van der Waals surface area contributed by atoms with Crippen molar-refractivity contribution in [3.63, 3.8) is 0 Å². The second-order valence-electron chi connectivity index (χ2n) is 4.38. The average Bonchev–Trinajstić information content (AvgIpc) is 2.38. The highest BCUT2D eigenvalue weighted by Gasteiger charge is 2.18.